The van der Waals surface area contributed by atoms with Gasteiger partial charge in [-0.2, -0.15) is 0 Å². The number of rotatable bonds is 10. The molecule has 1 atom stereocenters. The van der Waals surface area contributed by atoms with Gasteiger partial charge in [0.2, 0.25) is 0 Å². The van der Waals surface area contributed by atoms with Crippen molar-refractivity contribution >= 4 is 23.9 Å². The first-order valence-electron chi connectivity index (χ1n) is 6.54. The highest BCUT2D eigenvalue weighted by molar-refractivity contribution is 5.88. The number of carboxylic acid groups (broad SMARTS) is 4. The zero-order chi connectivity index (χ0) is 18.6. The Morgan fingerprint density at radius 2 is 1.35 bits per heavy atom. The SMILES string of the molecule is NCCCCC(N)C(=O)O.O=C(O)CC(O)(CC(=O)O)C(=O)O. The number of hydrogen-bond acceptors (Lipinski definition) is 7. The number of carboxylic acids is 4. The molecule has 0 bridgehead atoms. The van der Waals surface area contributed by atoms with E-state index in [1.54, 1.807) is 0 Å². The van der Waals surface area contributed by atoms with Gasteiger partial charge < -0.3 is 37.0 Å². The summed E-state index contributed by atoms with van der Waals surface area (Å²) >= 11 is 0. The van der Waals surface area contributed by atoms with E-state index in [1.165, 1.54) is 0 Å². The molecule has 0 spiro atoms. The minimum Gasteiger partial charge on any atom is -0.481 e. The first kappa shape index (κ1) is 23.0. The van der Waals surface area contributed by atoms with Gasteiger partial charge in [-0.15, -0.1) is 0 Å². The molecule has 1 unspecified atom stereocenters. The predicted molar refractivity (Wildman–Crippen MR) is 75.6 cm³/mol. The highest BCUT2D eigenvalue weighted by Crippen LogP contribution is 2.15. The zero-order valence-electron chi connectivity index (χ0n) is 12.3. The second kappa shape index (κ2) is 11.3. The summed E-state index contributed by atoms with van der Waals surface area (Å²) < 4.78 is 0. The van der Waals surface area contributed by atoms with E-state index in [1.807, 2.05) is 0 Å². The van der Waals surface area contributed by atoms with Crippen LogP contribution in [0, 0.1) is 0 Å². The van der Waals surface area contributed by atoms with Crippen LogP contribution in [0.2, 0.25) is 0 Å². The normalized spacial score (nSPS) is 11.8. The van der Waals surface area contributed by atoms with E-state index in [0.717, 1.165) is 12.8 Å². The summed E-state index contributed by atoms with van der Waals surface area (Å²) in [4.78, 5) is 40.6. The van der Waals surface area contributed by atoms with Crippen LogP contribution in [-0.2, 0) is 19.2 Å². The molecule has 9 N–H and O–H groups in total. The molecule has 0 heterocycles. The lowest BCUT2D eigenvalue weighted by atomic mass is 9.96. The molecule has 0 aliphatic heterocycles. The van der Waals surface area contributed by atoms with Gasteiger partial charge in [-0.05, 0) is 19.4 Å². The maximum Gasteiger partial charge on any atom is 0.336 e. The molecule has 0 aromatic rings. The number of unbranched alkanes of at least 4 members (excludes halogenated alkanes) is 1. The zero-order valence-corrected chi connectivity index (χ0v) is 12.3. The summed E-state index contributed by atoms with van der Waals surface area (Å²) in [7, 11) is 0. The molecule has 0 rings (SSSR count). The van der Waals surface area contributed by atoms with E-state index in [-0.39, 0.29) is 0 Å². The smallest absolute Gasteiger partial charge is 0.336 e. The lowest BCUT2D eigenvalue weighted by Crippen LogP contribution is -2.42. The topological polar surface area (TPSA) is 221 Å². The molecule has 0 saturated heterocycles. The van der Waals surface area contributed by atoms with E-state index in [4.69, 9.17) is 37.0 Å². The predicted octanol–water partition coefficient (Wildman–Crippen LogP) is -1.72. The number of aliphatic hydroxyl groups is 1. The highest BCUT2D eigenvalue weighted by Gasteiger charge is 2.40. The minimum absolute atomic E-state index is 0.520. The van der Waals surface area contributed by atoms with Crippen LogP contribution in [0.5, 0.6) is 0 Å². The lowest BCUT2D eigenvalue weighted by Gasteiger charge is -2.18. The van der Waals surface area contributed by atoms with Gasteiger partial charge in [0.1, 0.15) is 6.04 Å². The van der Waals surface area contributed by atoms with Crippen molar-refractivity contribution in [2.45, 2.75) is 43.7 Å². The molecule has 23 heavy (non-hydrogen) atoms. The fourth-order valence-corrected chi connectivity index (χ4v) is 1.35. The van der Waals surface area contributed by atoms with E-state index >= 15 is 0 Å². The summed E-state index contributed by atoms with van der Waals surface area (Å²) in [6, 6.07) is -0.716. The maximum absolute atomic E-state index is 10.3. The van der Waals surface area contributed by atoms with Gasteiger partial charge in [-0.25, -0.2) is 4.79 Å². The molecule has 11 heteroatoms. The standard InChI is InChI=1S/C6H14N2O2.C6H8O7/c7-4-2-1-3-5(8)6(9)10;7-3(8)1-6(13,5(11)12)2-4(9)10/h5H,1-4,7-8H2,(H,9,10);13H,1-2H2,(H,7,8)(H,9,10)(H,11,12). The Kier molecular flexibility index (Phi) is 11.4. The van der Waals surface area contributed by atoms with Crippen molar-refractivity contribution in [3.05, 3.63) is 0 Å². The third-order valence-electron chi connectivity index (χ3n) is 2.57. The fraction of sp³-hybridized carbons (Fsp3) is 0.667. The van der Waals surface area contributed by atoms with Crippen LogP contribution in [0.25, 0.3) is 0 Å². The Hall–Kier alpha value is -2.24. The second-order valence-corrected chi connectivity index (χ2v) is 4.71. The van der Waals surface area contributed by atoms with Gasteiger partial charge in [0.05, 0.1) is 12.8 Å². The minimum atomic E-state index is -2.74. The summed E-state index contributed by atoms with van der Waals surface area (Å²) in [5, 5.41) is 42.1. The lowest BCUT2D eigenvalue weighted by molar-refractivity contribution is -0.170. The van der Waals surface area contributed by atoms with Crippen molar-refractivity contribution in [2.75, 3.05) is 6.54 Å². The summed E-state index contributed by atoms with van der Waals surface area (Å²) in [6.45, 7) is 0.604. The van der Waals surface area contributed by atoms with E-state index in [0.29, 0.717) is 13.0 Å². The Bertz CT molecular complexity index is 409. The molecule has 0 aromatic carbocycles. The van der Waals surface area contributed by atoms with Crippen LogP contribution < -0.4 is 11.5 Å². The van der Waals surface area contributed by atoms with Crippen molar-refractivity contribution < 1.29 is 44.7 Å². The Morgan fingerprint density at radius 3 is 1.61 bits per heavy atom. The fourth-order valence-electron chi connectivity index (χ4n) is 1.35. The van der Waals surface area contributed by atoms with E-state index in [9.17, 15) is 19.2 Å². The molecule has 0 saturated carbocycles. The number of nitrogens with two attached hydrogens (primary N) is 2. The monoisotopic (exact) mass is 338 g/mol. The Labute approximate surface area is 131 Å². The second-order valence-electron chi connectivity index (χ2n) is 4.71. The molecule has 0 fully saturated rings. The average molecular weight is 338 g/mol. The molecular formula is C12H22N2O9. The van der Waals surface area contributed by atoms with Gasteiger partial charge in [-0.1, -0.05) is 6.42 Å². The van der Waals surface area contributed by atoms with Crippen LogP contribution in [0.3, 0.4) is 0 Å². The molecule has 11 nitrogen and oxygen atoms in total. The number of carbonyl (C=O) groups is 4. The van der Waals surface area contributed by atoms with Crippen LogP contribution >= 0.6 is 0 Å². The van der Waals surface area contributed by atoms with Gasteiger partial charge in [0.25, 0.3) is 0 Å². The van der Waals surface area contributed by atoms with Gasteiger partial charge in [0.15, 0.2) is 5.60 Å². The molecule has 0 amide bonds. The van der Waals surface area contributed by atoms with Crippen LogP contribution in [0.15, 0.2) is 0 Å². The van der Waals surface area contributed by atoms with Gasteiger partial charge in [-0.3, -0.25) is 14.4 Å². The van der Waals surface area contributed by atoms with Gasteiger partial charge in [0, 0.05) is 0 Å². The Balaban J connectivity index is 0. The molecule has 0 aromatic heterocycles. The first-order chi connectivity index (χ1) is 10.5. The van der Waals surface area contributed by atoms with Crippen LogP contribution in [0.4, 0.5) is 0 Å². The maximum atomic E-state index is 10.3. The molecule has 0 radical (unpaired) electrons. The third kappa shape index (κ3) is 12.0. The van der Waals surface area contributed by atoms with Crippen molar-refractivity contribution in [3.63, 3.8) is 0 Å². The molecule has 134 valence electrons. The third-order valence-corrected chi connectivity index (χ3v) is 2.57. The molecule has 0 aliphatic carbocycles. The van der Waals surface area contributed by atoms with Crippen LogP contribution in [-0.4, -0.2) is 67.6 Å². The van der Waals surface area contributed by atoms with E-state index in [2.05, 4.69) is 0 Å². The van der Waals surface area contributed by atoms with Crippen molar-refractivity contribution in [1.82, 2.24) is 0 Å². The summed E-state index contributed by atoms with van der Waals surface area (Å²) in [6.07, 6.45) is -0.124. The van der Waals surface area contributed by atoms with E-state index < -0.39 is 48.4 Å². The quantitative estimate of drug-likeness (QED) is 0.222. The summed E-state index contributed by atoms with van der Waals surface area (Å²) in [5.41, 5.74) is 7.68. The summed E-state index contributed by atoms with van der Waals surface area (Å²) in [5.74, 6) is -5.95. The molecular weight excluding hydrogens is 316 g/mol. The van der Waals surface area contributed by atoms with Crippen molar-refractivity contribution in [2.24, 2.45) is 11.5 Å². The Morgan fingerprint density at radius 1 is 0.913 bits per heavy atom. The first-order valence-corrected chi connectivity index (χ1v) is 6.54. The number of hydrogen-bond donors (Lipinski definition) is 7. The average Bonchev–Trinajstić information content (AvgIpc) is 2.37. The van der Waals surface area contributed by atoms with Gasteiger partial charge >= 0.3 is 23.9 Å². The highest BCUT2D eigenvalue weighted by atomic mass is 16.4. The largest absolute Gasteiger partial charge is 0.481 e. The van der Waals surface area contributed by atoms with Crippen molar-refractivity contribution in [3.8, 4) is 0 Å². The molecule has 0 aliphatic rings. The number of aliphatic carboxylic acids is 4. The van der Waals surface area contributed by atoms with Crippen LogP contribution in [0.1, 0.15) is 32.1 Å². The van der Waals surface area contributed by atoms with Crippen molar-refractivity contribution in [1.29, 1.82) is 0 Å².